The lowest BCUT2D eigenvalue weighted by Crippen LogP contribution is -2.31. The van der Waals surface area contributed by atoms with Gasteiger partial charge in [-0.1, -0.05) is 41.4 Å². The van der Waals surface area contributed by atoms with Crippen LogP contribution in [0.5, 0.6) is 0 Å². The summed E-state index contributed by atoms with van der Waals surface area (Å²) in [6.45, 7) is 1.90. The topological polar surface area (TPSA) is 59.0 Å². The molecule has 0 radical (unpaired) electrons. The van der Waals surface area contributed by atoms with Crippen molar-refractivity contribution in [3.63, 3.8) is 0 Å². The average Bonchev–Trinajstić information content (AvgIpc) is 3.18. The van der Waals surface area contributed by atoms with E-state index in [1.165, 1.54) is 6.07 Å². The van der Waals surface area contributed by atoms with E-state index >= 15 is 0 Å². The molecular weight excluding hydrogens is 467 g/mol. The monoisotopic (exact) mass is 484 g/mol. The molecule has 1 aliphatic rings. The van der Waals surface area contributed by atoms with Gasteiger partial charge in [-0.05, 0) is 37.1 Å². The van der Waals surface area contributed by atoms with Crippen LogP contribution in [0.2, 0.25) is 5.02 Å². The minimum atomic E-state index is -4.71. The number of nitrogens with zero attached hydrogens (tertiary/aromatic N) is 2. The summed E-state index contributed by atoms with van der Waals surface area (Å²) in [5.41, 5.74) is 0.451. The third-order valence-corrected chi connectivity index (χ3v) is 5.77. The maximum atomic E-state index is 13.8. The Balaban J connectivity index is 1.65. The van der Waals surface area contributed by atoms with Crippen LogP contribution in [0.25, 0.3) is 0 Å². The summed E-state index contributed by atoms with van der Waals surface area (Å²) >= 11 is 5.61. The Labute approximate surface area is 190 Å². The molecule has 174 valence electrons. The zero-order valence-electron chi connectivity index (χ0n) is 17.1. The predicted octanol–water partition coefficient (Wildman–Crippen LogP) is 6.48. The molecule has 0 saturated carbocycles. The van der Waals surface area contributed by atoms with Crippen LogP contribution < -0.4 is 10.6 Å². The third kappa shape index (κ3) is 4.66. The molecule has 2 heterocycles. The lowest BCUT2D eigenvalue weighted by molar-refractivity contribution is -0.137. The number of nitrogens with one attached hydrogen (secondary N) is 2. The molecule has 1 amide bonds. The van der Waals surface area contributed by atoms with E-state index in [2.05, 4.69) is 15.7 Å². The van der Waals surface area contributed by atoms with Gasteiger partial charge >= 0.3 is 6.18 Å². The number of aromatic nitrogens is 2. The summed E-state index contributed by atoms with van der Waals surface area (Å²) in [6, 6.07) is 8.50. The third-order valence-electron chi connectivity index (χ3n) is 5.44. The largest absolute Gasteiger partial charge is 0.417 e. The van der Waals surface area contributed by atoms with Crippen molar-refractivity contribution in [3.8, 4) is 0 Å². The molecule has 1 aliphatic heterocycles. The van der Waals surface area contributed by atoms with E-state index in [4.69, 9.17) is 11.6 Å². The molecule has 0 unspecified atom stereocenters. The minimum Gasteiger partial charge on any atom is -0.363 e. The standard InChI is InChI=1S/C22H18ClF5N4O/c1-11-2-4-12(5-3-11)17-9-18(19(24)25)32-20(31-17)14(10-29-32)21(33)30-13-6-7-16(23)15(8-13)22(26,27)28/h2-8,10,17-19,31H,9H2,1H3,(H,30,33)/t17-,18+/m0/s1. The number of rotatable bonds is 4. The molecular formula is C22H18ClF5N4O. The molecule has 0 aliphatic carbocycles. The highest BCUT2D eigenvalue weighted by Crippen LogP contribution is 2.40. The second kappa shape index (κ2) is 8.66. The second-order valence-corrected chi connectivity index (χ2v) is 8.15. The van der Waals surface area contributed by atoms with Gasteiger partial charge < -0.3 is 10.6 Å². The Hall–Kier alpha value is -3.14. The van der Waals surface area contributed by atoms with E-state index in [9.17, 15) is 26.7 Å². The van der Waals surface area contributed by atoms with Gasteiger partial charge in [0.15, 0.2) is 0 Å². The van der Waals surface area contributed by atoms with E-state index in [1.54, 1.807) is 0 Å². The lowest BCUT2D eigenvalue weighted by Gasteiger charge is -2.32. The molecule has 1 aromatic heterocycles. The van der Waals surface area contributed by atoms with Crippen LogP contribution in [0.1, 0.15) is 45.6 Å². The molecule has 0 spiro atoms. The van der Waals surface area contributed by atoms with Gasteiger partial charge in [0.1, 0.15) is 17.4 Å². The van der Waals surface area contributed by atoms with E-state index in [-0.39, 0.29) is 23.5 Å². The molecule has 2 aromatic carbocycles. The zero-order chi connectivity index (χ0) is 23.9. The van der Waals surface area contributed by atoms with Crippen molar-refractivity contribution in [3.05, 3.63) is 75.9 Å². The molecule has 2 N–H and O–H groups in total. The maximum absolute atomic E-state index is 13.8. The van der Waals surface area contributed by atoms with Crippen molar-refractivity contribution in [2.75, 3.05) is 10.6 Å². The van der Waals surface area contributed by atoms with E-state index in [1.807, 2.05) is 31.2 Å². The first kappa shape index (κ1) is 23.0. The van der Waals surface area contributed by atoms with Gasteiger partial charge in [0, 0.05) is 5.69 Å². The van der Waals surface area contributed by atoms with Crippen molar-refractivity contribution >= 4 is 29.0 Å². The van der Waals surface area contributed by atoms with Gasteiger partial charge in [-0.15, -0.1) is 0 Å². The van der Waals surface area contributed by atoms with Crippen LogP contribution in [0.4, 0.5) is 33.5 Å². The van der Waals surface area contributed by atoms with Gasteiger partial charge in [-0.25, -0.2) is 13.5 Å². The van der Waals surface area contributed by atoms with Crippen molar-refractivity contribution in [1.29, 1.82) is 0 Å². The summed E-state index contributed by atoms with van der Waals surface area (Å²) in [6.07, 6.45) is -6.28. The molecule has 3 aromatic rings. The first-order valence-corrected chi connectivity index (χ1v) is 10.3. The molecule has 4 rings (SSSR count). The summed E-state index contributed by atoms with van der Waals surface area (Å²) < 4.78 is 68.0. The van der Waals surface area contributed by atoms with E-state index < -0.39 is 41.2 Å². The molecule has 5 nitrogen and oxygen atoms in total. The smallest absolute Gasteiger partial charge is 0.363 e. The fourth-order valence-corrected chi connectivity index (χ4v) is 3.96. The zero-order valence-corrected chi connectivity index (χ0v) is 17.9. The fraction of sp³-hybridized carbons (Fsp3) is 0.273. The molecule has 0 saturated heterocycles. The van der Waals surface area contributed by atoms with Gasteiger partial charge in [-0.3, -0.25) is 4.79 Å². The number of hydrogen-bond donors (Lipinski definition) is 2. The first-order chi connectivity index (χ1) is 15.5. The normalized spacial score (nSPS) is 18.1. The van der Waals surface area contributed by atoms with E-state index in [0.717, 1.165) is 28.1 Å². The molecule has 11 heteroatoms. The Kier molecular flexibility index (Phi) is 6.04. The van der Waals surface area contributed by atoms with Crippen molar-refractivity contribution in [2.24, 2.45) is 0 Å². The number of anilines is 2. The highest BCUT2D eigenvalue weighted by atomic mass is 35.5. The number of carbonyl (C=O) groups excluding carboxylic acids is 1. The summed E-state index contributed by atoms with van der Waals surface area (Å²) in [5, 5.41) is 8.88. The molecule has 0 fully saturated rings. The van der Waals surface area contributed by atoms with Crippen LogP contribution >= 0.6 is 11.6 Å². The van der Waals surface area contributed by atoms with Crippen LogP contribution in [-0.4, -0.2) is 22.1 Å². The van der Waals surface area contributed by atoms with Crippen LogP contribution in [0.15, 0.2) is 48.7 Å². The lowest BCUT2D eigenvalue weighted by atomic mass is 9.96. The van der Waals surface area contributed by atoms with Crippen LogP contribution in [-0.2, 0) is 6.18 Å². The Morgan fingerprint density at radius 3 is 2.55 bits per heavy atom. The maximum Gasteiger partial charge on any atom is 0.417 e. The van der Waals surface area contributed by atoms with E-state index in [0.29, 0.717) is 6.07 Å². The predicted molar refractivity (Wildman–Crippen MR) is 114 cm³/mol. The average molecular weight is 485 g/mol. The Morgan fingerprint density at radius 1 is 1.21 bits per heavy atom. The van der Waals surface area contributed by atoms with Gasteiger partial charge in [0.25, 0.3) is 12.3 Å². The summed E-state index contributed by atoms with van der Waals surface area (Å²) in [4.78, 5) is 12.9. The van der Waals surface area contributed by atoms with Crippen molar-refractivity contribution in [2.45, 2.75) is 38.0 Å². The number of aryl methyl sites for hydroxylation is 1. The highest BCUT2D eigenvalue weighted by Gasteiger charge is 2.37. The molecule has 0 bridgehead atoms. The summed E-state index contributed by atoms with van der Waals surface area (Å²) in [5.74, 6) is -0.726. The molecule has 33 heavy (non-hydrogen) atoms. The number of hydrogen-bond acceptors (Lipinski definition) is 3. The van der Waals surface area contributed by atoms with Gasteiger partial charge in [-0.2, -0.15) is 18.3 Å². The Morgan fingerprint density at radius 2 is 1.91 bits per heavy atom. The first-order valence-electron chi connectivity index (χ1n) is 9.91. The second-order valence-electron chi connectivity index (χ2n) is 7.74. The number of carbonyl (C=O) groups is 1. The van der Waals surface area contributed by atoms with Gasteiger partial charge in [0.2, 0.25) is 0 Å². The van der Waals surface area contributed by atoms with Gasteiger partial charge in [0.05, 0.1) is 22.8 Å². The summed E-state index contributed by atoms with van der Waals surface area (Å²) in [7, 11) is 0. The van der Waals surface area contributed by atoms with Crippen LogP contribution in [0.3, 0.4) is 0 Å². The van der Waals surface area contributed by atoms with Crippen molar-refractivity contribution < 1.29 is 26.7 Å². The fourth-order valence-electron chi connectivity index (χ4n) is 3.74. The number of benzene rings is 2. The SMILES string of the molecule is Cc1ccc([C@@H]2C[C@H](C(F)F)n3ncc(C(=O)Nc4ccc(Cl)c(C(F)(F)F)c4)c3N2)cc1. The minimum absolute atomic E-state index is 0.0442. The quantitative estimate of drug-likeness (QED) is 0.417. The van der Waals surface area contributed by atoms with Crippen LogP contribution in [0, 0.1) is 6.92 Å². The molecule has 2 atom stereocenters. The highest BCUT2D eigenvalue weighted by molar-refractivity contribution is 6.31. The number of amides is 1. The number of fused-ring (bicyclic) bond motifs is 1. The number of alkyl halides is 5. The Bertz CT molecular complexity index is 1180. The number of halogens is 6. The van der Waals surface area contributed by atoms with Crippen molar-refractivity contribution in [1.82, 2.24) is 9.78 Å².